The lowest BCUT2D eigenvalue weighted by Gasteiger charge is -2.45. The number of rotatable bonds is 8. The number of hydrogen-bond donors (Lipinski definition) is 0. The minimum Gasteiger partial charge on any atom is -0.452 e. The van der Waals surface area contributed by atoms with Crippen molar-refractivity contribution in [3.63, 3.8) is 0 Å². The third kappa shape index (κ3) is 10.5. The Labute approximate surface area is 633 Å². The van der Waals surface area contributed by atoms with Crippen LogP contribution in [-0.4, -0.2) is 15.8 Å². The smallest absolute Gasteiger partial charge is 0.252 e. The van der Waals surface area contributed by atoms with Crippen molar-refractivity contribution < 1.29 is 15.4 Å². The van der Waals surface area contributed by atoms with Crippen molar-refractivity contribution in [3.05, 3.63) is 319 Å². The SMILES string of the molecule is [2H]c1c([2H])c([2H])c2c(c1[2H])c1c([2H])c([2H])c([2H])c([2H])c1n2-c1ccc2c(c1)N(c1cc(-c3ccccc3)cc(-c3ccccc3)c1)c1cc(-c3cccc(C(C)(C)C)c3)cc3c1B2c1ccc(-c2cccc(C(C)(C)C)c2)cc1N3c1cccc2c1oc1c(-n3c4ccc(C(C)(C)C)cc4c4cc(C(C)(C)C)ccc43)cccc12. The molecule has 5 nitrogen and oxygen atoms in total. The summed E-state index contributed by atoms with van der Waals surface area (Å²) >= 11 is 0. The number of benzene rings is 14. The Kier molecular flexibility index (Phi) is 12.7. The van der Waals surface area contributed by atoms with Gasteiger partial charge in [-0.3, -0.25) is 0 Å². The van der Waals surface area contributed by atoms with Gasteiger partial charge in [-0.1, -0.05) is 283 Å². The third-order valence-electron chi connectivity index (χ3n) is 22.3. The van der Waals surface area contributed by atoms with Crippen LogP contribution in [0.1, 0.15) is 116 Å². The van der Waals surface area contributed by atoms with Gasteiger partial charge in [0.05, 0.1) is 44.4 Å². The predicted octanol–water partition coefficient (Wildman–Crippen LogP) is 25.7. The number of furan rings is 1. The van der Waals surface area contributed by atoms with Crippen LogP contribution in [0, 0.1) is 0 Å². The van der Waals surface area contributed by atoms with Gasteiger partial charge in [0.1, 0.15) is 0 Å². The molecule has 19 rings (SSSR count). The number of anilines is 6. The molecule has 0 saturated carbocycles. The van der Waals surface area contributed by atoms with Crippen molar-refractivity contribution in [1.82, 2.24) is 9.13 Å². The van der Waals surface area contributed by atoms with Gasteiger partial charge in [-0.15, -0.1) is 0 Å². The number of para-hydroxylation sites is 4. The molecule has 14 aromatic carbocycles. The summed E-state index contributed by atoms with van der Waals surface area (Å²) in [5.74, 6) is 0. The molecule has 6 heteroatoms. The van der Waals surface area contributed by atoms with E-state index in [9.17, 15) is 8.22 Å². The number of nitrogens with zero attached hydrogens (tertiary/aromatic N) is 4. The second-order valence-corrected chi connectivity index (χ2v) is 33.2. The fourth-order valence-electron chi connectivity index (χ4n) is 16.7. The third-order valence-corrected chi connectivity index (χ3v) is 22.3. The maximum Gasteiger partial charge on any atom is 0.252 e. The topological polar surface area (TPSA) is 29.5 Å². The summed E-state index contributed by atoms with van der Waals surface area (Å²) < 4.78 is 87.1. The molecule has 514 valence electrons. The average molecular weight is 1380 g/mol. The molecular formula is C100H85BN4O. The Bertz CT molecular complexity index is 6760. The van der Waals surface area contributed by atoms with E-state index in [-0.39, 0.29) is 55.6 Å². The summed E-state index contributed by atoms with van der Waals surface area (Å²) in [6.07, 6.45) is 0. The van der Waals surface area contributed by atoms with Gasteiger partial charge in [0.25, 0.3) is 6.71 Å². The Morgan fingerprint density at radius 2 is 0.708 bits per heavy atom. The first kappa shape index (κ1) is 56.6. The zero-order valence-corrected chi connectivity index (χ0v) is 61.9. The van der Waals surface area contributed by atoms with Crippen molar-refractivity contribution in [3.8, 4) is 55.9 Å². The molecule has 2 aliphatic rings. The molecule has 3 aromatic heterocycles. The molecule has 0 N–H and O–H groups in total. The van der Waals surface area contributed by atoms with Gasteiger partial charge >= 0.3 is 0 Å². The highest BCUT2D eigenvalue weighted by molar-refractivity contribution is 7.00. The molecule has 0 atom stereocenters. The summed E-state index contributed by atoms with van der Waals surface area (Å²) in [5, 5.41) is 4.33. The molecule has 2 aliphatic heterocycles. The van der Waals surface area contributed by atoms with Gasteiger partial charge in [0, 0.05) is 66.4 Å². The summed E-state index contributed by atoms with van der Waals surface area (Å²) in [4.78, 5) is 4.84. The monoisotopic (exact) mass is 1380 g/mol. The Hall–Kier alpha value is -11.9. The van der Waals surface area contributed by atoms with Crippen molar-refractivity contribution in [2.75, 3.05) is 9.80 Å². The van der Waals surface area contributed by atoms with Crippen LogP contribution in [0.2, 0.25) is 0 Å². The molecule has 5 heterocycles. The van der Waals surface area contributed by atoms with E-state index in [2.05, 4.69) is 328 Å². The van der Waals surface area contributed by atoms with Gasteiger partial charge in [-0.05, 0) is 202 Å². The molecule has 0 fully saturated rings. The van der Waals surface area contributed by atoms with Crippen molar-refractivity contribution in [2.24, 2.45) is 0 Å². The van der Waals surface area contributed by atoms with Crippen molar-refractivity contribution in [2.45, 2.75) is 105 Å². The molecule has 0 saturated heterocycles. The largest absolute Gasteiger partial charge is 0.452 e. The van der Waals surface area contributed by atoms with Crippen LogP contribution in [0.5, 0.6) is 0 Å². The lowest BCUT2D eigenvalue weighted by atomic mass is 9.33. The number of aromatic nitrogens is 2. The van der Waals surface area contributed by atoms with E-state index < -0.39 is 43.0 Å². The van der Waals surface area contributed by atoms with E-state index in [1.165, 1.54) is 33.0 Å². The highest BCUT2D eigenvalue weighted by Gasteiger charge is 2.45. The zero-order valence-electron chi connectivity index (χ0n) is 69.9. The maximum absolute atomic E-state index is 9.79. The van der Waals surface area contributed by atoms with Crippen LogP contribution in [0.25, 0.3) is 121 Å². The van der Waals surface area contributed by atoms with Crippen molar-refractivity contribution >= 4 is 123 Å². The Morgan fingerprint density at radius 3 is 1.25 bits per heavy atom. The molecule has 106 heavy (non-hydrogen) atoms. The minimum absolute atomic E-state index is 0.00899. The predicted molar refractivity (Wildman–Crippen MR) is 453 cm³/mol. The second-order valence-electron chi connectivity index (χ2n) is 33.2. The standard InChI is InChI=1S/C100H85BN4O/c1-97(2,3)70-33-23-31-64(52-70)66-43-47-82-90(56-66)105(89-42-26-38-79-78-37-25-41-88(95(78)106-96(79)89)104-86-49-44-72(99(7,8)9)59-80(86)81-60-73(100(10,11)12)45-50-87(81)104)93-58-69(65-32-24-34-71(53-65)98(4,5)6)57-92-94(93)101(82)83-48-46-74(102-84-39-21-19-35-76(84)77-36-20-22-40-85(77)102)61-91(83)103(92)75-54-67(62-27-15-13-16-28-62)51-68(55-75)63-29-17-14-18-30-63/h13-61H,1-12H3/i19D,20D,21D,22D,35D,36D,39D,40D. The number of hydrogen-bond acceptors (Lipinski definition) is 3. The first-order chi connectivity index (χ1) is 54.4. The number of fused-ring (bicyclic) bond motifs is 13. The normalized spacial score (nSPS) is 14.3. The van der Waals surface area contributed by atoms with Gasteiger partial charge in [0.2, 0.25) is 0 Å². The maximum atomic E-state index is 9.79. The quantitative estimate of drug-likeness (QED) is 0.142. The van der Waals surface area contributed by atoms with Crippen LogP contribution < -0.4 is 26.2 Å². The molecule has 0 radical (unpaired) electrons. The van der Waals surface area contributed by atoms with Gasteiger partial charge in [0.15, 0.2) is 11.2 Å². The zero-order chi connectivity index (χ0) is 79.4. The van der Waals surface area contributed by atoms with E-state index >= 15 is 0 Å². The lowest BCUT2D eigenvalue weighted by Crippen LogP contribution is -2.61. The van der Waals surface area contributed by atoms with Gasteiger partial charge in [-0.25, -0.2) is 0 Å². The van der Waals surface area contributed by atoms with Gasteiger partial charge in [-0.2, -0.15) is 0 Å². The summed E-state index contributed by atoms with van der Waals surface area (Å²) in [6, 6.07) is 86.9. The fraction of sp³-hybridized carbons (Fsp3) is 0.160. The Balaban J connectivity index is 0.952. The van der Waals surface area contributed by atoms with Crippen LogP contribution in [0.4, 0.5) is 34.1 Å². The van der Waals surface area contributed by atoms with Crippen LogP contribution in [-0.2, 0) is 21.7 Å². The lowest BCUT2D eigenvalue weighted by molar-refractivity contribution is 0.590. The minimum atomic E-state index is -0.500. The molecule has 0 amide bonds. The van der Waals surface area contributed by atoms with Crippen LogP contribution in [0.3, 0.4) is 0 Å². The molecule has 0 unspecified atom stereocenters. The molecule has 0 spiro atoms. The molecular weight excluding hydrogens is 1280 g/mol. The van der Waals surface area contributed by atoms with E-state index in [1.807, 2.05) is 18.2 Å². The molecule has 17 aromatic rings. The average Bonchev–Trinajstić information content (AvgIpc) is 0.740. The van der Waals surface area contributed by atoms with E-state index in [4.69, 9.17) is 7.16 Å². The summed E-state index contributed by atoms with van der Waals surface area (Å²) in [5.41, 5.74) is 25.6. The fourth-order valence-corrected chi connectivity index (χ4v) is 16.7. The summed E-state index contributed by atoms with van der Waals surface area (Å²) in [6.45, 7) is 26.7. The molecule has 0 aliphatic carbocycles. The first-order valence-electron chi connectivity index (χ1n) is 41.0. The van der Waals surface area contributed by atoms with E-state index in [0.29, 0.717) is 11.3 Å². The highest BCUT2D eigenvalue weighted by Crippen LogP contribution is 2.52. The molecule has 0 bridgehead atoms. The van der Waals surface area contributed by atoms with Crippen LogP contribution in [0.15, 0.2) is 301 Å². The van der Waals surface area contributed by atoms with Crippen LogP contribution >= 0.6 is 0 Å². The summed E-state index contributed by atoms with van der Waals surface area (Å²) in [7, 11) is 0. The van der Waals surface area contributed by atoms with Gasteiger partial charge < -0.3 is 23.4 Å². The first-order valence-corrected chi connectivity index (χ1v) is 37.0. The van der Waals surface area contributed by atoms with Crippen molar-refractivity contribution in [1.29, 1.82) is 0 Å². The highest BCUT2D eigenvalue weighted by atomic mass is 16.3. The second kappa shape index (κ2) is 23.8. The van der Waals surface area contributed by atoms with E-state index in [1.54, 1.807) is 4.57 Å². The Morgan fingerprint density at radius 1 is 0.274 bits per heavy atom. The van der Waals surface area contributed by atoms with E-state index in [0.717, 1.165) is 128 Å².